The summed E-state index contributed by atoms with van der Waals surface area (Å²) < 4.78 is 5.12. The van der Waals surface area contributed by atoms with Gasteiger partial charge in [-0.15, -0.1) is 11.3 Å². The molecule has 2 N–H and O–H groups in total. The molecule has 0 aliphatic carbocycles. The van der Waals surface area contributed by atoms with E-state index in [4.69, 9.17) is 4.42 Å². The third kappa shape index (κ3) is 3.32. The predicted octanol–water partition coefficient (Wildman–Crippen LogP) is 1.64. The summed E-state index contributed by atoms with van der Waals surface area (Å²) in [6, 6.07) is 3.61. The molecule has 0 radical (unpaired) electrons. The molecular formula is C11H13N3O2S. The number of hydrogen-bond donors (Lipinski definition) is 2. The van der Waals surface area contributed by atoms with Crippen molar-refractivity contribution in [3.63, 3.8) is 0 Å². The Labute approximate surface area is 103 Å². The average molecular weight is 251 g/mol. The molecule has 0 unspecified atom stereocenters. The van der Waals surface area contributed by atoms with Gasteiger partial charge in [-0.05, 0) is 12.1 Å². The van der Waals surface area contributed by atoms with Gasteiger partial charge in [-0.2, -0.15) is 0 Å². The highest BCUT2D eigenvalue weighted by molar-refractivity contribution is 7.13. The molecule has 0 aliphatic rings. The van der Waals surface area contributed by atoms with Crippen molar-refractivity contribution in [1.29, 1.82) is 0 Å². The zero-order valence-electron chi connectivity index (χ0n) is 9.40. The molecule has 0 fully saturated rings. The van der Waals surface area contributed by atoms with Gasteiger partial charge in [-0.3, -0.25) is 4.79 Å². The van der Waals surface area contributed by atoms with Crippen molar-refractivity contribution >= 4 is 22.4 Å². The molecule has 2 rings (SSSR count). The van der Waals surface area contributed by atoms with Crippen LogP contribution in [-0.4, -0.2) is 17.9 Å². The highest BCUT2D eigenvalue weighted by Gasteiger charge is 2.07. The van der Waals surface area contributed by atoms with Crippen molar-refractivity contribution < 1.29 is 9.21 Å². The highest BCUT2D eigenvalue weighted by Crippen LogP contribution is 2.14. The first-order valence-electron chi connectivity index (χ1n) is 5.19. The van der Waals surface area contributed by atoms with E-state index in [9.17, 15) is 4.79 Å². The van der Waals surface area contributed by atoms with Crippen molar-refractivity contribution in [2.45, 2.75) is 13.0 Å². The average Bonchev–Trinajstić information content (AvgIpc) is 2.97. The zero-order chi connectivity index (χ0) is 12.1. The molecule has 2 aromatic heterocycles. The SMILES string of the molecule is CNc1nc(CC(=O)NCc2ccco2)cs1. The van der Waals surface area contributed by atoms with E-state index in [1.807, 2.05) is 11.4 Å². The normalized spacial score (nSPS) is 10.2. The maximum absolute atomic E-state index is 11.6. The fraction of sp³-hybridized carbons (Fsp3) is 0.273. The van der Waals surface area contributed by atoms with E-state index in [1.165, 1.54) is 11.3 Å². The van der Waals surface area contributed by atoms with Gasteiger partial charge in [0.05, 0.1) is 24.9 Å². The van der Waals surface area contributed by atoms with Gasteiger partial charge in [0.15, 0.2) is 5.13 Å². The first-order chi connectivity index (χ1) is 8.28. The fourth-order valence-corrected chi connectivity index (χ4v) is 2.00. The van der Waals surface area contributed by atoms with Crippen molar-refractivity contribution in [3.8, 4) is 0 Å². The number of furan rings is 1. The number of amides is 1. The van der Waals surface area contributed by atoms with Crippen molar-refractivity contribution in [3.05, 3.63) is 35.2 Å². The van der Waals surface area contributed by atoms with Gasteiger partial charge in [-0.1, -0.05) is 0 Å². The minimum absolute atomic E-state index is 0.0608. The quantitative estimate of drug-likeness (QED) is 0.847. The summed E-state index contributed by atoms with van der Waals surface area (Å²) >= 11 is 1.49. The molecule has 90 valence electrons. The van der Waals surface area contributed by atoms with Crippen LogP contribution in [0.25, 0.3) is 0 Å². The van der Waals surface area contributed by atoms with E-state index in [0.717, 1.165) is 16.6 Å². The van der Waals surface area contributed by atoms with Gasteiger partial charge >= 0.3 is 0 Å². The topological polar surface area (TPSA) is 67.2 Å². The largest absolute Gasteiger partial charge is 0.467 e. The minimum Gasteiger partial charge on any atom is -0.467 e. The number of nitrogens with one attached hydrogen (secondary N) is 2. The zero-order valence-corrected chi connectivity index (χ0v) is 10.2. The van der Waals surface area contributed by atoms with Gasteiger partial charge in [0.1, 0.15) is 5.76 Å². The van der Waals surface area contributed by atoms with E-state index in [-0.39, 0.29) is 5.91 Å². The smallest absolute Gasteiger partial charge is 0.226 e. The number of carbonyl (C=O) groups is 1. The van der Waals surface area contributed by atoms with Crippen molar-refractivity contribution in [2.75, 3.05) is 12.4 Å². The van der Waals surface area contributed by atoms with E-state index in [1.54, 1.807) is 19.4 Å². The summed E-state index contributed by atoms with van der Waals surface area (Å²) in [4.78, 5) is 15.8. The van der Waals surface area contributed by atoms with Crippen LogP contribution in [0.5, 0.6) is 0 Å². The standard InChI is InChI=1S/C11H13N3O2S/c1-12-11-14-8(7-17-11)5-10(15)13-6-9-3-2-4-16-9/h2-4,7H,5-6H2,1H3,(H,12,14)(H,13,15). The summed E-state index contributed by atoms with van der Waals surface area (Å²) in [7, 11) is 1.81. The number of nitrogens with zero attached hydrogens (tertiary/aromatic N) is 1. The van der Waals surface area contributed by atoms with Crippen LogP contribution in [0.15, 0.2) is 28.2 Å². The monoisotopic (exact) mass is 251 g/mol. The number of hydrogen-bond acceptors (Lipinski definition) is 5. The Bertz CT molecular complexity index is 479. The van der Waals surface area contributed by atoms with Crippen LogP contribution in [0.1, 0.15) is 11.5 Å². The molecule has 6 heteroatoms. The van der Waals surface area contributed by atoms with E-state index in [2.05, 4.69) is 15.6 Å². The second kappa shape index (κ2) is 5.49. The van der Waals surface area contributed by atoms with Crippen LogP contribution >= 0.6 is 11.3 Å². The highest BCUT2D eigenvalue weighted by atomic mass is 32.1. The lowest BCUT2D eigenvalue weighted by atomic mass is 10.3. The first kappa shape index (κ1) is 11.7. The molecule has 0 saturated heterocycles. The molecule has 0 aliphatic heterocycles. The van der Waals surface area contributed by atoms with Crippen LogP contribution in [0.3, 0.4) is 0 Å². The van der Waals surface area contributed by atoms with Crippen molar-refractivity contribution in [2.24, 2.45) is 0 Å². The van der Waals surface area contributed by atoms with E-state index < -0.39 is 0 Å². The summed E-state index contributed by atoms with van der Waals surface area (Å²) in [5.74, 6) is 0.682. The number of aromatic nitrogens is 1. The Kier molecular flexibility index (Phi) is 3.77. The van der Waals surface area contributed by atoms with Crippen LogP contribution in [0.4, 0.5) is 5.13 Å². The molecule has 0 atom stereocenters. The third-order valence-electron chi connectivity index (χ3n) is 2.15. The predicted molar refractivity (Wildman–Crippen MR) is 65.9 cm³/mol. The van der Waals surface area contributed by atoms with Crippen molar-refractivity contribution in [1.82, 2.24) is 10.3 Å². The maximum Gasteiger partial charge on any atom is 0.226 e. The minimum atomic E-state index is -0.0608. The Morgan fingerprint density at radius 3 is 3.12 bits per heavy atom. The lowest BCUT2D eigenvalue weighted by Crippen LogP contribution is -2.24. The fourth-order valence-electron chi connectivity index (χ4n) is 1.33. The Morgan fingerprint density at radius 1 is 1.59 bits per heavy atom. The number of thiazole rings is 1. The number of rotatable bonds is 5. The van der Waals surface area contributed by atoms with Crippen LogP contribution < -0.4 is 10.6 Å². The number of carbonyl (C=O) groups excluding carboxylic acids is 1. The van der Waals surface area contributed by atoms with E-state index in [0.29, 0.717) is 13.0 Å². The molecule has 0 spiro atoms. The summed E-state index contributed by atoms with van der Waals surface area (Å²) in [5.41, 5.74) is 0.774. The first-order valence-corrected chi connectivity index (χ1v) is 6.07. The molecule has 17 heavy (non-hydrogen) atoms. The van der Waals surface area contributed by atoms with E-state index >= 15 is 0 Å². The molecule has 0 saturated carbocycles. The molecule has 0 aromatic carbocycles. The van der Waals surface area contributed by atoms with Gasteiger partial charge in [0.25, 0.3) is 0 Å². The van der Waals surface area contributed by atoms with Gasteiger partial charge < -0.3 is 15.1 Å². The lowest BCUT2D eigenvalue weighted by molar-refractivity contribution is -0.120. The summed E-state index contributed by atoms with van der Waals surface area (Å²) in [6.07, 6.45) is 1.88. The van der Waals surface area contributed by atoms with Crippen LogP contribution in [-0.2, 0) is 17.8 Å². The Morgan fingerprint density at radius 2 is 2.47 bits per heavy atom. The van der Waals surface area contributed by atoms with Crippen LogP contribution in [0.2, 0.25) is 0 Å². The van der Waals surface area contributed by atoms with Crippen LogP contribution in [0, 0.1) is 0 Å². The molecule has 1 amide bonds. The second-order valence-electron chi connectivity index (χ2n) is 3.43. The molecule has 5 nitrogen and oxygen atoms in total. The van der Waals surface area contributed by atoms with Gasteiger partial charge in [-0.25, -0.2) is 4.98 Å². The maximum atomic E-state index is 11.6. The molecule has 2 aromatic rings. The number of anilines is 1. The molecule has 2 heterocycles. The molecular weight excluding hydrogens is 238 g/mol. The summed E-state index contributed by atoms with van der Waals surface area (Å²) in [5, 5.41) is 8.40. The molecule has 0 bridgehead atoms. The van der Waals surface area contributed by atoms with Gasteiger partial charge in [0, 0.05) is 12.4 Å². The summed E-state index contributed by atoms with van der Waals surface area (Å²) in [6.45, 7) is 0.412. The Balaban J connectivity index is 1.81. The lowest BCUT2D eigenvalue weighted by Gasteiger charge is -2.01. The van der Waals surface area contributed by atoms with Gasteiger partial charge in [0.2, 0.25) is 5.91 Å². The third-order valence-corrected chi connectivity index (χ3v) is 3.06. The second-order valence-corrected chi connectivity index (χ2v) is 4.28. The Hall–Kier alpha value is -1.82.